The Balaban J connectivity index is 2.39. The zero-order valence-corrected chi connectivity index (χ0v) is 6.68. The molecule has 2 rings (SSSR count). The summed E-state index contributed by atoms with van der Waals surface area (Å²) in [4.78, 5) is 3.56. The Morgan fingerprint density at radius 1 is 1.58 bits per heavy atom. The van der Waals surface area contributed by atoms with Gasteiger partial charge in [-0.15, -0.1) is 0 Å². The lowest BCUT2D eigenvalue weighted by molar-refractivity contribution is 0.244. The van der Waals surface area contributed by atoms with Gasteiger partial charge in [-0.2, -0.15) is 0 Å². The second kappa shape index (κ2) is 2.52. The molecule has 1 saturated carbocycles. The van der Waals surface area contributed by atoms with Crippen molar-refractivity contribution in [2.75, 3.05) is 0 Å². The number of pyridine rings is 1. The van der Waals surface area contributed by atoms with Crippen molar-refractivity contribution in [3.8, 4) is 0 Å². The summed E-state index contributed by atoms with van der Waals surface area (Å²) in [6.45, 7) is 0. The first-order valence-electron chi connectivity index (χ1n) is 4.04. The predicted octanol–water partition coefficient (Wildman–Crippen LogP) is 1.36. The Bertz CT molecular complexity index is 294. The molecule has 63 valence electrons. The fraction of sp³-hybridized carbons (Fsp3) is 0.444. The first kappa shape index (κ1) is 7.68. The van der Waals surface area contributed by atoms with Crippen molar-refractivity contribution < 1.29 is 4.39 Å². The van der Waals surface area contributed by atoms with E-state index in [0.29, 0.717) is 5.56 Å². The molecule has 1 aliphatic rings. The molecule has 0 bridgehead atoms. The van der Waals surface area contributed by atoms with E-state index < -0.39 is 11.4 Å². The Kier molecular flexibility index (Phi) is 1.61. The topological polar surface area (TPSA) is 38.9 Å². The number of hydrogen-bond acceptors (Lipinski definition) is 2. The maximum atomic E-state index is 13.1. The summed E-state index contributed by atoms with van der Waals surface area (Å²) >= 11 is 0. The minimum Gasteiger partial charge on any atom is -0.321 e. The molecule has 2 nitrogen and oxygen atoms in total. The van der Waals surface area contributed by atoms with Crippen LogP contribution in [0.2, 0.25) is 0 Å². The molecule has 1 aromatic rings. The molecule has 0 unspecified atom stereocenters. The highest BCUT2D eigenvalue weighted by Gasteiger charge is 2.36. The van der Waals surface area contributed by atoms with E-state index in [9.17, 15) is 4.39 Å². The lowest BCUT2D eigenvalue weighted by atomic mass is 9.73. The van der Waals surface area contributed by atoms with E-state index in [2.05, 4.69) is 11.2 Å². The van der Waals surface area contributed by atoms with Crippen LogP contribution < -0.4 is 5.73 Å². The van der Waals surface area contributed by atoms with Gasteiger partial charge in [0.25, 0.3) is 0 Å². The zero-order chi connectivity index (χ0) is 8.60. The Morgan fingerprint density at radius 3 is 2.83 bits per heavy atom. The zero-order valence-electron chi connectivity index (χ0n) is 6.68. The standard InChI is InChI=1S/C9H10FN2/c10-8-6-12-5-2-7(8)9(11)3-1-4-9/h2,5H,1,3-4,11H2. The van der Waals surface area contributed by atoms with Crippen LogP contribution in [0.25, 0.3) is 0 Å². The lowest BCUT2D eigenvalue weighted by Gasteiger charge is -2.38. The summed E-state index contributed by atoms with van der Waals surface area (Å²) in [5, 5.41) is 0. The van der Waals surface area contributed by atoms with Crippen LogP contribution in [0.3, 0.4) is 0 Å². The summed E-state index contributed by atoms with van der Waals surface area (Å²) in [6.07, 6.45) is 6.62. The Hall–Kier alpha value is -0.960. The molecule has 1 heterocycles. The average molecular weight is 165 g/mol. The summed E-state index contributed by atoms with van der Waals surface area (Å²) in [5.74, 6) is -0.403. The van der Waals surface area contributed by atoms with Crippen molar-refractivity contribution in [3.05, 3.63) is 29.8 Å². The third-order valence-corrected chi connectivity index (χ3v) is 2.50. The van der Waals surface area contributed by atoms with Crippen LogP contribution in [-0.4, -0.2) is 4.98 Å². The molecule has 1 aromatic heterocycles. The molecule has 0 aromatic carbocycles. The number of nitrogens with zero attached hydrogens (tertiary/aromatic N) is 1. The predicted molar refractivity (Wildman–Crippen MR) is 42.7 cm³/mol. The monoisotopic (exact) mass is 165 g/mol. The van der Waals surface area contributed by atoms with Gasteiger partial charge >= 0.3 is 0 Å². The molecule has 3 heteroatoms. The van der Waals surface area contributed by atoms with Crippen molar-refractivity contribution in [2.24, 2.45) is 5.73 Å². The summed E-state index contributed by atoms with van der Waals surface area (Å²) < 4.78 is 13.1. The van der Waals surface area contributed by atoms with E-state index >= 15 is 0 Å². The summed E-state index contributed by atoms with van der Waals surface area (Å²) in [5.41, 5.74) is 6.06. The van der Waals surface area contributed by atoms with Crippen LogP contribution in [-0.2, 0) is 5.54 Å². The first-order chi connectivity index (χ1) is 5.72. The van der Waals surface area contributed by atoms with Crippen molar-refractivity contribution in [2.45, 2.75) is 24.8 Å². The third kappa shape index (κ3) is 1.01. The molecule has 0 aliphatic heterocycles. The molecule has 1 radical (unpaired) electrons. The maximum Gasteiger partial charge on any atom is 0.156 e. The fourth-order valence-electron chi connectivity index (χ4n) is 1.55. The molecule has 2 N–H and O–H groups in total. The SMILES string of the molecule is NC1(c2ccn[c]c2F)CCC1. The first-order valence-corrected chi connectivity index (χ1v) is 4.04. The van der Waals surface area contributed by atoms with E-state index in [-0.39, 0.29) is 0 Å². The van der Waals surface area contributed by atoms with Crippen LogP contribution in [0.4, 0.5) is 4.39 Å². The van der Waals surface area contributed by atoms with E-state index in [1.54, 1.807) is 6.07 Å². The molecule has 0 saturated heterocycles. The number of nitrogens with two attached hydrogens (primary N) is 1. The van der Waals surface area contributed by atoms with Crippen molar-refractivity contribution in [1.29, 1.82) is 0 Å². The second-order valence-corrected chi connectivity index (χ2v) is 3.29. The van der Waals surface area contributed by atoms with Crippen molar-refractivity contribution in [3.63, 3.8) is 0 Å². The van der Waals surface area contributed by atoms with Crippen LogP contribution in [0.1, 0.15) is 24.8 Å². The smallest absolute Gasteiger partial charge is 0.156 e. The van der Waals surface area contributed by atoms with Gasteiger partial charge in [0.1, 0.15) is 6.20 Å². The number of halogens is 1. The average Bonchev–Trinajstić information content (AvgIpc) is 2.01. The Morgan fingerprint density at radius 2 is 2.33 bits per heavy atom. The van der Waals surface area contributed by atoms with Gasteiger partial charge in [-0.05, 0) is 25.3 Å². The van der Waals surface area contributed by atoms with E-state index in [1.165, 1.54) is 6.20 Å². The second-order valence-electron chi connectivity index (χ2n) is 3.29. The van der Waals surface area contributed by atoms with E-state index in [1.807, 2.05) is 0 Å². The van der Waals surface area contributed by atoms with Gasteiger partial charge in [-0.1, -0.05) is 0 Å². The van der Waals surface area contributed by atoms with Gasteiger partial charge in [0, 0.05) is 17.3 Å². The number of aromatic nitrogens is 1. The molecule has 0 spiro atoms. The quantitative estimate of drug-likeness (QED) is 0.682. The summed E-state index contributed by atoms with van der Waals surface area (Å²) in [6, 6.07) is 1.64. The molecule has 12 heavy (non-hydrogen) atoms. The maximum absolute atomic E-state index is 13.1. The van der Waals surface area contributed by atoms with Gasteiger partial charge in [0.2, 0.25) is 0 Å². The highest BCUT2D eigenvalue weighted by molar-refractivity contribution is 5.24. The van der Waals surface area contributed by atoms with Gasteiger partial charge in [-0.3, -0.25) is 4.98 Å². The van der Waals surface area contributed by atoms with Gasteiger partial charge < -0.3 is 5.73 Å². The third-order valence-electron chi connectivity index (χ3n) is 2.50. The van der Waals surface area contributed by atoms with Crippen LogP contribution >= 0.6 is 0 Å². The molecular formula is C9H10FN2. The fourth-order valence-corrected chi connectivity index (χ4v) is 1.55. The Labute approximate surface area is 70.6 Å². The number of rotatable bonds is 1. The molecule has 0 atom stereocenters. The van der Waals surface area contributed by atoms with E-state index in [4.69, 9.17) is 5.73 Å². The highest BCUT2D eigenvalue weighted by Crippen LogP contribution is 2.39. The van der Waals surface area contributed by atoms with Gasteiger partial charge in [-0.25, -0.2) is 4.39 Å². The normalized spacial score (nSPS) is 20.2. The number of hydrogen-bond donors (Lipinski definition) is 1. The van der Waals surface area contributed by atoms with E-state index in [0.717, 1.165) is 19.3 Å². The molecule has 1 fully saturated rings. The minimum atomic E-state index is -0.441. The van der Waals surface area contributed by atoms with Gasteiger partial charge in [0.05, 0.1) is 0 Å². The van der Waals surface area contributed by atoms with Crippen LogP contribution in [0, 0.1) is 12.0 Å². The lowest BCUT2D eigenvalue weighted by Crippen LogP contribution is -2.44. The van der Waals surface area contributed by atoms with Crippen LogP contribution in [0.5, 0.6) is 0 Å². The molecule has 1 aliphatic carbocycles. The van der Waals surface area contributed by atoms with Crippen LogP contribution in [0.15, 0.2) is 12.3 Å². The van der Waals surface area contributed by atoms with Crippen molar-refractivity contribution >= 4 is 0 Å². The minimum absolute atomic E-state index is 0.403. The van der Waals surface area contributed by atoms with Crippen molar-refractivity contribution in [1.82, 2.24) is 4.98 Å². The molecule has 0 amide bonds. The highest BCUT2D eigenvalue weighted by atomic mass is 19.1. The molecular weight excluding hydrogens is 155 g/mol. The largest absolute Gasteiger partial charge is 0.321 e. The summed E-state index contributed by atoms with van der Waals surface area (Å²) in [7, 11) is 0. The van der Waals surface area contributed by atoms with Gasteiger partial charge in [0.15, 0.2) is 5.82 Å².